The highest BCUT2D eigenvalue weighted by Gasteiger charge is 2.32. The molecular formula is C75H81BF2N8O20. The summed E-state index contributed by atoms with van der Waals surface area (Å²) in [5.41, 5.74) is 6.61. The predicted molar refractivity (Wildman–Crippen MR) is 382 cm³/mol. The van der Waals surface area contributed by atoms with Gasteiger partial charge < -0.3 is 91.3 Å². The van der Waals surface area contributed by atoms with Gasteiger partial charge in [-0.15, -0.1) is 0 Å². The van der Waals surface area contributed by atoms with Crippen LogP contribution in [0.1, 0.15) is 68.7 Å². The van der Waals surface area contributed by atoms with Crippen LogP contribution >= 0.6 is 0 Å². The molecule has 558 valence electrons. The molecule has 1 heterocycles. The normalized spacial score (nSPS) is 12.2. The molecule has 13 N–H and O–H groups in total. The van der Waals surface area contributed by atoms with E-state index in [1.54, 1.807) is 84.9 Å². The van der Waals surface area contributed by atoms with Crippen molar-refractivity contribution in [3.05, 3.63) is 213 Å². The first-order valence-electron chi connectivity index (χ1n) is 33.9. The smallest absolute Gasteiger partial charge is 0.488 e. The number of fused-ring (bicyclic) bond motifs is 2. The molecule has 0 bridgehead atoms. The number of amides is 8. The highest BCUT2D eigenvalue weighted by molar-refractivity contribution is 6.58. The molecule has 0 fully saturated rings. The molecular weight excluding hydrogens is 1380 g/mol. The van der Waals surface area contributed by atoms with Crippen LogP contribution in [0.4, 0.5) is 13.6 Å². The van der Waals surface area contributed by atoms with Gasteiger partial charge in [-0.05, 0) is 76.8 Å². The summed E-state index contributed by atoms with van der Waals surface area (Å²) < 4.78 is 62.4. The highest BCUT2D eigenvalue weighted by Crippen LogP contribution is 2.43. The fourth-order valence-corrected chi connectivity index (χ4v) is 11.0. The second kappa shape index (κ2) is 41.1. The minimum atomic E-state index is -1.67. The van der Waals surface area contributed by atoms with Crippen LogP contribution in [0.15, 0.2) is 167 Å². The van der Waals surface area contributed by atoms with Crippen LogP contribution in [-0.4, -0.2) is 177 Å². The van der Waals surface area contributed by atoms with E-state index in [0.29, 0.717) is 29.5 Å². The van der Waals surface area contributed by atoms with Gasteiger partial charge in [0, 0.05) is 79.5 Å². The van der Waals surface area contributed by atoms with Crippen molar-refractivity contribution in [3.8, 4) is 28.2 Å². The van der Waals surface area contributed by atoms with Crippen LogP contribution < -0.4 is 53.8 Å². The van der Waals surface area contributed by atoms with E-state index in [-0.39, 0.29) is 155 Å². The molecule has 0 aromatic heterocycles. The maximum absolute atomic E-state index is 14.7. The molecule has 8 rings (SSSR count). The summed E-state index contributed by atoms with van der Waals surface area (Å²) in [5, 5.41) is 58.0. The number of nitrogens with two attached hydrogens (primary N) is 1. The van der Waals surface area contributed by atoms with Crippen LogP contribution in [0.25, 0.3) is 33.4 Å². The number of rotatable bonds is 42. The molecule has 1 aliphatic heterocycles. The minimum Gasteiger partial charge on any atom is -0.505 e. The lowest BCUT2D eigenvalue weighted by Gasteiger charge is -2.26. The van der Waals surface area contributed by atoms with E-state index in [2.05, 4.69) is 37.2 Å². The molecule has 0 radical (unpaired) electrons. The Bertz CT molecular complexity index is 4330. The van der Waals surface area contributed by atoms with E-state index in [1.807, 2.05) is 18.2 Å². The average Bonchev–Trinajstić information content (AvgIpc) is 0.740. The van der Waals surface area contributed by atoms with Crippen LogP contribution in [-0.2, 0) is 78.3 Å². The predicted octanol–water partition coefficient (Wildman–Crippen LogP) is 3.48. The first kappa shape index (κ1) is 80.2. The third-order valence-electron chi connectivity index (χ3n) is 16.4. The average molecular weight is 1460 g/mol. The molecule has 106 heavy (non-hydrogen) atoms. The molecule has 6 aromatic rings. The Morgan fingerprint density at radius 1 is 0.528 bits per heavy atom. The van der Waals surface area contributed by atoms with Gasteiger partial charge in [0.2, 0.25) is 40.9 Å². The van der Waals surface area contributed by atoms with Crippen LogP contribution in [0, 0.1) is 11.6 Å². The number of nitrogens with one attached hydrogen (secondary N) is 7. The summed E-state index contributed by atoms with van der Waals surface area (Å²) in [6, 6.07) is 35.4. The first-order valence-corrected chi connectivity index (χ1v) is 33.9. The van der Waals surface area contributed by atoms with E-state index in [4.69, 9.17) is 33.8 Å². The topological polar surface area (TPSA) is 421 Å². The standard InChI is InChI=1S/C75H81BF2N8O20/c77-56-40-54-64(42-62(56)87)106-65-43-63(88)57(78)41-55(65)68(54)52-24-21-50(39-53(52)74(96)97)70(92)81-26-11-10-18-58(69(79)91)83-67(90)45-104-35-34-102-30-27-80-66(89)25-29-101-32-33-103-31-28-82-71(93)59(36-46-12-4-1-5-13-46)84-72(94)60(37-47-14-6-2-7-15-47)85-73(95)61(38-48-16-8-3-9-17-48)86-75(98)105-44-49-19-22-51(23-20-49)76(99)100/h1-9,12-17,19-24,39-43,58-61,87,99-100H,10-11,18,25-38,44-45H2,(H2,79,91)(H,80,89)(H,81,92)(H,82,93)(H,83,90)(H,84,94)(H,85,95)(H,86,98)(H,96,97)/t58-,59-,60-,61-/m0/s1. The van der Waals surface area contributed by atoms with E-state index < -0.39 is 114 Å². The summed E-state index contributed by atoms with van der Waals surface area (Å²) in [5.74, 6) is -9.05. The molecule has 8 amide bonds. The molecule has 4 atom stereocenters. The Hall–Kier alpha value is -11.5. The number of aromatic hydroxyl groups is 1. The summed E-state index contributed by atoms with van der Waals surface area (Å²) in [6.07, 6.45) is -0.0200. The fourth-order valence-electron chi connectivity index (χ4n) is 11.0. The van der Waals surface area contributed by atoms with Crippen molar-refractivity contribution in [1.82, 2.24) is 37.2 Å². The monoisotopic (exact) mass is 1460 g/mol. The second-order valence-corrected chi connectivity index (χ2v) is 24.3. The van der Waals surface area contributed by atoms with Crippen molar-refractivity contribution in [3.63, 3.8) is 0 Å². The Labute approximate surface area is 607 Å². The van der Waals surface area contributed by atoms with Gasteiger partial charge in [-0.25, -0.2) is 18.4 Å². The number of alkyl carbamates (subject to hydrolysis) is 1. The number of ether oxygens (including phenoxy) is 5. The number of benzene rings is 7. The number of carbonyl (C=O) groups is 9. The van der Waals surface area contributed by atoms with Gasteiger partial charge in [0.15, 0.2) is 17.4 Å². The van der Waals surface area contributed by atoms with Crippen molar-refractivity contribution >= 4 is 77.0 Å². The van der Waals surface area contributed by atoms with Crippen molar-refractivity contribution in [2.75, 3.05) is 72.5 Å². The van der Waals surface area contributed by atoms with Gasteiger partial charge in [-0.3, -0.25) is 38.4 Å². The van der Waals surface area contributed by atoms with Crippen molar-refractivity contribution in [2.45, 2.75) is 75.7 Å². The van der Waals surface area contributed by atoms with Gasteiger partial charge in [-0.2, -0.15) is 0 Å². The van der Waals surface area contributed by atoms with Crippen molar-refractivity contribution < 1.29 is 100 Å². The number of hydrogen-bond donors (Lipinski definition) is 12. The summed E-state index contributed by atoms with van der Waals surface area (Å²) >= 11 is 0. The third-order valence-corrected chi connectivity index (χ3v) is 16.4. The van der Waals surface area contributed by atoms with E-state index >= 15 is 0 Å². The quantitative estimate of drug-likeness (QED) is 0.0148. The number of hydrogen-bond acceptors (Lipinski definition) is 19. The zero-order valence-electron chi connectivity index (χ0n) is 57.5. The Morgan fingerprint density at radius 2 is 1.09 bits per heavy atom. The first-order chi connectivity index (χ1) is 51.1. The highest BCUT2D eigenvalue weighted by atomic mass is 19.1. The van der Waals surface area contributed by atoms with Gasteiger partial charge in [0.05, 0.1) is 51.8 Å². The number of phenols is 1. The Balaban J connectivity index is 0.682. The van der Waals surface area contributed by atoms with Crippen LogP contribution in [0.3, 0.4) is 0 Å². The van der Waals surface area contributed by atoms with Gasteiger partial charge in [0.1, 0.15) is 48.7 Å². The molecule has 0 spiro atoms. The number of primary amides is 1. The third kappa shape index (κ3) is 25.2. The van der Waals surface area contributed by atoms with Crippen LogP contribution in [0.2, 0.25) is 0 Å². The largest absolute Gasteiger partial charge is 0.505 e. The summed E-state index contributed by atoms with van der Waals surface area (Å²) in [7, 11) is -1.67. The number of phenolic OH excluding ortho intramolecular Hbond substituents is 1. The molecule has 2 aliphatic rings. The zero-order chi connectivity index (χ0) is 75.9. The molecule has 0 saturated carbocycles. The lowest BCUT2D eigenvalue weighted by molar-refractivity contribution is -0.132. The minimum absolute atomic E-state index is 0.000530. The number of carbonyl (C=O) groups excluding carboxylic acids is 8. The molecule has 6 aromatic carbocycles. The summed E-state index contributed by atoms with van der Waals surface area (Å²) in [6.45, 7) is 0.295. The second-order valence-electron chi connectivity index (χ2n) is 24.3. The zero-order valence-corrected chi connectivity index (χ0v) is 57.5. The van der Waals surface area contributed by atoms with E-state index in [9.17, 15) is 77.0 Å². The molecule has 31 heteroatoms. The van der Waals surface area contributed by atoms with Gasteiger partial charge in [0.25, 0.3) is 5.91 Å². The number of halogens is 2. The summed E-state index contributed by atoms with van der Waals surface area (Å²) in [4.78, 5) is 131. The maximum atomic E-state index is 14.7. The number of unbranched alkanes of at least 4 members (excludes halogenated alkanes) is 1. The van der Waals surface area contributed by atoms with Crippen molar-refractivity contribution in [2.24, 2.45) is 5.73 Å². The van der Waals surface area contributed by atoms with Gasteiger partial charge >= 0.3 is 19.2 Å². The lowest BCUT2D eigenvalue weighted by Crippen LogP contribution is -2.58. The number of carboxylic acids is 1. The molecule has 0 unspecified atom stereocenters. The lowest BCUT2D eigenvalue weighted by atomic mass is 9.80. The van der Waals surface area contributed by atoms with Gasteiger partial charge in [-0.1, -0.05) is 121 Å². The maximum Gasteiger partial charge on any atom is 0.488 e. The van der Waals surface area contributed by atoms with E-state index in [1.165, 1.54) is 24.3 Å². The Kier molecular flexibility index (Phi) is 31.1. The molecule has 1 aliphatic carbocycles. The Morgan fingerprint density at radius 3 is 1.68 bits per heavy atom. The fraction of sp³-hybridized carbons (Fsp3) is 0.307. The van der Waals surface area contributed by atoms with Crippen molar-refractivity contribution in [1.29, 1.82) is 0 Å². The number of carboxylic acid groups (broad SMARTS) is 1. The van der Waals surface area contributed by atoms with Crippen LogP contribution in [0.5, 0.6) is 5.75 Å². The number of aromatic carboxylic acids is 1. The SMILES string of the molecule is NC(=O)[C@H](CCCCNC(=O)c1ccc(-c2c3cc(F)c(=O)cc-3oc3cc(O)c(F)cc23)c(C(=O)O)c1)NC(=O)COCCOCCNC(=O)CCOCCOCCNC(=O)[C@H](Cc1ccccc1)NC(=O)[C@H](Cc1ccccc1)NC(=O)[C@H](Cc1ccccc1)NC(=O)OCc1ccc(B(O)O)cc1. The molecule has 28 nitrogen and oxygen atoms in total. The van der Waals surface area contributed by atoms with E-state index in [0.717, 1.165) is 35.9 Å². The molecule has 0 saturated heterocycles.